The van der Waals surface area contributed by atoms with Crippen molar-refractivity contribution in [2.75, 3.05) is 7.11 Å². The van der Waals surface area contributed by atoms with Gasteiger partial charge in [0.25, 0.3) is 11.6 Å². The van der Waals surface area contributed by atoms with Crippen molar-refractivity contribution in [2.45, 2.75) is 0 Å². The van der Waals surface area contributed by atoms with E-state index in [2.05, 4.69) is 15.5 Å². The van der Waals surface area contributed by atoms with Crippen molar-refractivity contribution in [3.63, 3.8) is 0 Å². The summed E-state index contributed by atoms with van der Waals surface area (Å²) in [5.41, 5.74) is 2.11. The average molecular weight is 316 g/mol. The third kappa shape index (κ3) is 3.79. The number of pyridine rings is 1. The number of benzene rings is 1. The topological polar surface area (TPSA) is 127 Å². The summed E-state index contributed by atoms with van der Waals surface area (Å²) >= 11 is 0. The van der Waals surface area contributed by atoms with E-state index in [1.807, 2.05) is 0 Å². The van der Waals surface area contributed by atoms with E-state index in [0.29, 0.717) is 0 Å². The normalized spacial score (nSPS) is 10.5. The number of hydrazone groups is 1. The first kappa shape index (κ1) is 15.9. The molecule has 0 radical (unpaired) electrons. The molecule has 23 heavy (non-hydrogen) atoms. The number of aromatic nitrogens is 1. The minimum Gasteiger partial charge on any atom is -0.504 e. The fraction of sp³-hybridized carbons (Fsp3) is 0.0714. The molecule has 0 unspecified atom stereocenters. The molecular weight excluding hydrogens is 304 g/mol. The van der Waals surface area contributed by atoms with E-state index in [-0.39, 0.29) is 28.4 Å². The number of rotatable bonds is 5. The molecular formula is C14H12N4O5. The molecule has 1 amide bonds. The van der Waals surface area contributed by atoms with Crippen molar-refractivity contribution in [2.24, 2.45) is 5.10 Å². The van der Waals surface area contributed by atoms with Crippen LogP contribution in [0.15, 0.2) is 41.6 Å². The maximum absolute atomic E-state index is 11.7. The van der Waals surface area contributed by atoms with Crippen LogP contribution in [0.3, 0.4) is 0 Å². The molecule has 2 aromatic rings. The summed E-state index contributed by atoms with van der Waals surface area (Å²) in [7, 11) is 1.27. The zero-order chi connectivity index (χ0) is 16.8. The number of ether oxygens (including phenoxy) is 1. The van der Waals surface area contributed by atoms with Gasteiger partial charge in [-0.3, -0.25) is 19.9 Å². The molecule has 9 heteroatoms. The van der Waals surface area contributed by atoms with Crippen LogP contribution in [-0.2, 0) is 0 Å². The van der Waals surface area contributed by atoms with Gasteiger partial charge in [-0.1, -0.05) is 6.07 Å². The summed E-state index contributed by atoms with van der Waals surface area (Å²) in [4.78, 5) is 25.8. The van der Waals surface area contributed by atoms with Gasteiger partial charge >= 0.3 is 0 Å². The van der Waals surface area contributed by atoms with Crippen LogP contribution in [0.5, 0.6) is 11.5 Å². The van der Waals surface area contributed by atoms with Crippen LogP contribution in [0.2, 0.25) is 0 Å². The summed E-state index contributed by atoms with van der Waals surface area (Å²) in [6, 6.07) is 6.99. The zero-order valence-corrected chi connectivity index (χ0v) is 12.0. The van der Waals surface area contributed by atoms with Gasteiger partial charge in [0.2, 0.25) is 0 Å². The predicted octanol–water partition coefficient (Wildman–Crippen LogP) is 1.47. The number of aromatic hydroxyl groups is 1. The number of non-ortho nitro benzene ring substituents is 1. The van der Waals surface area contributed by atoms with Crippen LogP contribution in [0, 0.1) is 10.1 Å². The Bertz CT molecular complexity index is 761. The van der Waals surface area contributed by atoms with Gasteiger partial charge in [0.05, 0.1) is 24.3 Å². The van der Waals surface area contributed by atoms with Crippen LogP contribution < -0.4 is 10.2 Å². The molecule has 0 saturated heterocycles. The molecule has 0 aliphatic rings. The van der Waals surface area contributed by atoms with E-state index >= 15 is 0 Å². The fourth-order valence-electron chi connectivity index (χ4n) is 1.69. The number of phenols is 1. The highest BCUT2D eigenvalue weighted by Gasteiger charge is 2.15. The molecule has 1 aromatic carbocycles. The molecule has 1 heterocycles. The van der Waals surface area contributed by atoms with Gasteiger partial charge in [0.1, 0.15) is 5.69 Å². The predicted molar refractivity (Wildman–Crippen MR) is 80.6 cm³/mol. The Morgan fingerprint density at radius 1 is 1.48 bits per heavy atom. The van der Waals surface area contributed by atoms with E-state index < -0.39 is 10.8 Å². The van der Waals surface area contributed by atoms with E-state index in [1.165, 1.54) is 19.4 Å². The number of nitro groups is 1. The van der Waals surface area contributed by atoms with Gasteiger partial charge in [0, 0.05) is 17.8 Å². The maximum atomic E-state index is 11.7. The SMILES string of the molecule is COc1cc([N+](=O)[O-])cc(/C=N/NC(=O)c2ccccn2)c1O. The molecule has 0 atom stereocenters. The first-order chi connectivity index (χ1) is 11.0. The molecule has 0 aliphatic carbocycles. The Kier molecular flexibility index (Phi) is 4.82. The minimum absolute atomic E-state index is 0.0253. The number of methoxy groups -OCH3 is 1. The number of carbonyl (C=O) groups is 1. The highest BCUT2D eigenvalue weighted by atomic mass is 16.6. The third-order valence-electron chi connectivity index (χ3n) is 2.79. The standard InChI is InChI=1S/C14H12N4O5/c1-23-12-7-10(18(21)22)6-9(13(12)19)8-16-17-14(20)11-4-2-3-5-15-11/h2-8,19H,1H3,(H,17,20)/b16-8+. The molecule has 9 nitrogen and oxygen atoms in total. The van der Waals surface area contributed by atoms with Crippen LogP contribution in [0.1, 0.15) is 16.1 Å². The first-order valence-electron chi connectivity index (χ1n) is 6.32. The van der Waals surface area contributed by atoms with E-state index in [0.717, 1.165) is 18.3 Å². The lowest BCUT2D eigenvalue weighted by Crippen LogP contribution is -2.18. The van der Waals surface area contributed by atoms with Gasteiger partial charge < -0.3 is 9.84 Å². The van der Waals surface area contributed by atoms with Crippen molar-refractivity contribution >= 4 is 17.8 Å². The molecule has 1 aromatic heterocycles. The van der Waals surface area contributed by atoms with Crippen LogP contribution in [-0.4, -0.2) is 34.2 Å². The van der Waals surface area contributed by atoms with E-state index in [1.54, 1.807) is 12.1 Å². The lowest BCUT2D eigenvalue weighted by Gasteiger charge is -2.05. The number of phenolic OH excluding ortho intramolecular Hbond substituents is 1. The molecule has 118 valence electrons. The Balaban J connectivity index is 2.20. The molecule has 0 spiro atoms. The molecule has 0 bridgehead atoms. The van der Waals surface area contributed by atoms with Crippen molar-refractivity contribution in [1.82, 2.24) is 10.4 Å². The summed E-state index contributed by atoms with van der Waals surface area (Å²) in [6.45, 7) is 0. The number of carbonyl (C=O) groups excluding carboxylic acids is 1. The largest absolute Gasteiger partial charge is 0.504 e. The molecule has 2 rings (SSSR count). The molecule has 0 saturated carbocycles. The Morgan fingerprint density at radius 2 is 2.26 bits per heavy atom. The van der Waals surface area contributed by atoms with E-state index in [9.17, 15) is 20.0 Å². The summed E-state index contributed by atoms with van der Waals surface area (Å²) in [5, 5.41) is 24.4. The minimum atomic E-state index is -0.633. The van der Waals surface area contributed by atoms with Crippen LogP contribution in [0.25, 0.3) is 0 Å². The van der Waals surface area contributed by atoms with Gasteiger partial charge in [0.15, 0.2) is 11.5 Å². The highest BCUT2D eigenvalue weighted by Crippen LogP contribution is 2.33. The second kappa shape index (κ2) is 6.98. The third-order valence-corrected chi connectivity index (χ3v) is 2.79. The first-order valence-corrected chi connectivity index (χ1v) is 6.32. The number of amides is 1. The smallest absolute Gasteiger partial charge is 0.289 e. The fourth-order valence-corrected chi connectivity index (χ4v) is 1.69. The number of nitrogens with one attached hydrogen (secondary N) is 1. The second-order valence-corrected chi connectivity index (χ2v) is 4.26. The summed E-state index contributed by atoms with van der Waals surface area (Å²) < 4.78 is 4.86. The second-order valence-electron chi connectivity index (χ2n) is 4.26. The van der Waals surface area contributed by atoms with Gasteiger partial charge in [-0.15, -0.1) is 0 Å². The monoisotopic (exact) mass is 316 g/mol. The molecule has 0 aliphatic heterocycles. The highest BCUT2D eigenvalue weighted by molar-refractivity contribution is 5.93. The zero-order valence-electron chi connectivity index (χ0n) is 12.0. The molecule has 0 fully saturated rings. The van der Waals surface area contributed by atoms with Crippen molar-refractivity contribution in [3.05, 3.63) is 57.9 Å². The number of nitrogens with zero attached hydrogens (tertiary/aromatic N) is 3. The molecule has 2 N–H and O–H groups in total. The summed E-state index contributed by atoms with van der Waals surface area (Å²) in [6.07, 6.45) is 2.53. The van der Waals surface area contributed by atoms with E-state index in [4.69, 9.17) is 4.74 Å². The Hall–Kier alpha value is -3.49. The van der Waals surface area contributed by atoms with Crippen LogP contribution in [0.4, 0.5) is 5.69 Å². The van der Waals surface area contributed by atoms with Gasteiger partial charge in [-0.25, -0.2) is 5.43 Å². The van der Waals surface area contributed by atoms with Gasteiger partial charge in [-0.2, -0.15) is 5.10 Å². The number of nitro benzene ring substituents is 1. The Labute approximate surface area is 130 Å². The summed E-state index contributed by atoms with van der Waals surface area (Å²) in [5.74, 6) is -0.954. The van der Waals surface area contributed by atoms with Crippen molar-refractivity contribution in [1.29, 1.82) is 0 Å². The quantitative estimate of drug-likeness (QED) is 0.488. The number of hydrogen-bond acceptors (Lipinski definition) is 7. The number of hydrogen-bond donors (Lipinski definition) is 2. The Morgan fingerprint density at radius 3 is 2.87 bits per heavy atom. The lowest BCUT2D eigenvalue weighted by molar-refractivity contribution is -0.385. The average Bonchev–Trinajstić information content (AvgIpc) is 2.56. The maximum Gasteiger partial charge on any atom is 0.289 e. The van der Waals surface area contributed by atoms with Crippen LogP contribution >= 0.6 is 0 Å². The van der Waals surface area contributed by atoms with Crippen molar-refractivity contribution in [3.8, 4) is 11.5 Å². The lowest BCUT2D eigenvalue weighted by atomic mass is 10.2. The van der Waals surface area contributed by atoms with Gasteiger partial charge in [-0.05, 0) is 12.1 Å². The van der Waals surface area contributed by atoms with Crippen molar-refractivity contribution < 1.29 is 19.6 Å².